The Kier molecular flexibility index (Phi) is 4.97. The maximum Gasteiger partial charge on any atom is 0.168 e. The van der Waals surface area contributed by atoms with Crippen LogP contribution in [-0.4, -0.2) is 26.7 Å². The summed E-state index contributed by atoms with van der Waals surface area (Å²) in [6, 6.07) is 10.6. The van der Waals surface area contributed by atoms with Gasteiger partial charge in [0.2, 0.25) is 0 Å². The monoisotopic (exact) mass is 351 g/mol. The van der Waals surface area contributed by atoms with Crippen molar-refractivity contribution in [1.82, 2.24) is 14.5 Å². The summed E-state index contributed by atoms with van der Waals surface area (Å²) in [5.74, 6) is 1.44. The van der Waals surface area contributed by atoms with Gasteiger partial charge in [-0.3, -0.25) is 0 Å². The Morgan fingerprint density at radius 3 is 2.68 bits per heavy atom. The van der Waals surface area contributed by atoms with E-state index in [4.69, 9.17) is 4.98 Å². The lowest BCUT2D eigenvalue weighted by Crippen LogP contribution is -2.16. The molecule has 0 radical (unpaired) electrons. The van der Waals surface area contributed by atoms with Gasteiger partial charge in [-0.05, 0) is 6.42 Å². The topological polar surface area (TPSA) is 21.1 Å². The molecular weight excluding hydrogens is 326 g/mol. The van der Waals surface area contributed by atoms with Crippen LogP contribution in [0.3, 0.4) is 0 Å². The van der Waals surface area contributed by atoms with E-state index in [0.717, 1.165) is 24.5 Å². The Bertz CT molecular complexity index is 762. The van der Waals surface area contributed by atoms with E-state index < -0.39 is 0 Å². The minimum Gasteiger partial charge on any atom is -0.355 e. The number of allylic oxidation sites excluding steroid dienone is 2. The fourth-order valence-corrected chi connectivity index (χ4v) is 4.50. The maximum absolute atomic E-state index is 4.96. The lowest BCUT2D eigenvalue weighted by molar-refractivity contribution is 0.465. The van der Waals surface area contributed by atoms with Crippen LogP contribution in [0.4, 0.5) is 0 Å². The first kappa shape index (κ1) is 16.5. The average Bonchev–Trinajstić information content (AvgIpc) is 3.24. The number of hydrogen-bond acceptors (Lipinski definition) is 3. The minimum atomic E-state index is 0.303. The third kappa shape index (κ3) is 3.40. The van der Waals surface area contributed by atoms with Crippen LogP contribution >= 0.6 is 11.8 Å². The van der Waals surface area contributed by atoms with Gasteiger partial charge in [0.25, 0.3) is 0 Å². The molecule has 0 aliphatic carbocycles. The maximum atomic E-state index is 4.96. The van der Waals surface area contributed by atoms with Crippen molar-refractivity contribution in [3.8, 4) is 11.3 Å². The van der Waals surface area contributed by atoms with Gasteiger partial charge in [-0.1, -0.05) is 74.0 Å². The summed E-state index contributed by atoms with van der Waals surface area (Å²) >= 11 is 1.87. The Morgan fingerprint density at radius 1 is 1.12 bits per heavy atom. The molecule has 25 heavy (non-hydrogen) atoms. The molecule has 4 heteroatoms. The first-order chi connectivity index (χ1) is 12.4. The van der Waals surface area contributed by atoms with Gasteiger partial charge in [0.1, 0.15) is 0 Å². The van der Waals surface area contributed by atoms with E-state index in [1.54, 1.807) is 0 Å². The Labute approximate surface area is 154 Å². The van der Waals surface area contributed by atoms with Crippen molar-refractivity contribution < 1.29 is 0 Å². The van der Waals surface area contributed by atoms with Gasteiger partial charge in [0.05, 0.1) is 11.4 Å². The summed E-state index contributed by atoms with van der Waals surface area (Å²) in [5.41, 5.74) is 3.70. The van der Waals surface area contributed by atoms with Crippen molar-refractivity contribution in [3.05, 3.63) is 60.6 Å². The molecule has 3 heterocycles. The number of benzene rings is 1. The molecule has 2 aliphatic rings. The first-order valence-corrected chi connectivity index (χ1v) is 10.3. The second-order valence-corrected chi connectivity index (χ2v) is 7.71. The normalized spacial score (nSPS) is 16.6. The summed E-state index contributed by atoms with van der Waals surface area (Å²) < 4.78 is 2.42. The highest BCUT2D eigenvalue weighted by Crippen LogP contribution is 2.38. The molecule has 0 bridgehead atoms. The first-order valence-electron chi connectivity index (χ1n) is 9.28. The molecule has 1 aromatic heterocycles. The van der Waals surface area contributed by atoms with Gasteiger partial charge in [-0.15, -0.1) is 0 Å². The largest absolute Gasteiger partial charge is 0.355 e. The SMILES string of the molecule is CCCCCN1C=CC(c2c(-c3ccccc3)nc3n2CCS3)C=C1. The Balaban J connectivity index is 1.61. The molecule has 2 aliphatic heterocycles. The smallest absolute Gasteiger partial charge is 0.168 e. The summed E-state index contributed by atoms with van der Waals surface area (Å²) in [4.78, 5) is 7.27. The van der Waals surface area contributed by atoms with Crippen LogP contribution in [0.15, 0.2) is 60.0 Å². The third-order valence-corrected chi connectivity index (χ3v) is 5.83. The van der Waals surface area contributed by atoms with Gasteiger partial charge in [0, 0.05) is 42.7 Å². The molecule has 3 nitrogen and oxygen atoms in total. The van der Waals surface area contributed by atoms with Gasteiger partial charge in [0.15, 0.2) is 5.16 Å². The van der Waals surface area contributed by atoms with Crippen LogP contribution < -0.4 is 0 Å². The van der Waals surface area contributed by atoms with Crippen LogP contribution in [-0.2, 0) is 6.54 Å². The molecule has 0 saturated carbocycles. The number of unbranched alkanes of at least 4 members (excludes halogenated alkanes) is 2. The summed E-state index contributed by atoms with van der Waals surface area (Å²) in [5, 5.41) is 1.17. The molecule has 130 valence electrons. The van der Waals surface area contributed by atoms with Crippen molar-refractivity contribution in [2.45, 2.75) is 43.8 Å². The third-order valence-electron chi connectivity index (χ3n) is 4.87. The molecule has 0 fully saturated rings. The predicted octanol–water partition coefficient (Wildman–Crippen LogP) is 5.27. The second-order valence-electron chi connectivity index (χ2n) is 6.65. The van der Waals surface area contributed by atoms with Gasteiger partial charge < -0.3 is 9.47 Å². The summed E-state index contributed by atoms with van der Waals surface area (Å²) in [6.45, 7) is 4.42. The van der Waals surface area contributed by atoms with E-state index in [0.29, 0.717) is 5.92 Å². The minimum absolute atomic E-state index is 0.303. The number of nitrogens with zero attached hydrogens (tertiary/aromatic N) is 3. The van der Waals surface area contributed by atoms with E-state index in [1.807, 2.05) is 11.8 Å². The molecule has 4 rings (SSSR count). The highest BCUT2D eigenvalue weighted by Gasteiger charge is 2.26. The highest BCUT2D eigenvalue weighted by atomic mass is 32.2. The van der Waals surface area contributed by atoms with E-state index >= 15 is 0 Å². The van der Waals surface area contributed by atoms with Crippen molar-refractivity contribution in [2.75, 3.05) is 12.3 Å². The van der Waals surface area contributed by atoms with Crippen LogP contribution in [0, 0.1) is 0 Å². The van der Waals surface area contributed by atoms with Crippen molar-refractivity contribution in [1.29, 1.82) is 0 Å². The van der Waals surface area contributed by atoms with Crippen LogP contribution in [0.25, 0.3) is 11.3 Å². The Hall–Kier alpha value is -1.94. The number of thioether (sulfide) groups is 1. The number of fused-ring (bicyclic) bond motifs is 1. The van der Waals surface area contributed by atoms with Gasteiger partial charge in [-0.2, -0.15) is 0 Å². The zero-order valence-corrected chi connectivity index (χ0v) is 15.6. The lowest BCUT2D eigenvalue weighted by atomic mass is 9.98. The summed E-state index contributed by atoms with van der Waals surface area (Å²) in [6.07, 6.45) is 13.0. The molecule has 0 atom stereocenters. The zero-order chi connectivity index (χ0) is 17.1. The molecule has 0 N–H and O–H groups in total. The van der Waals surface area contributed by atoms with Crippen molar-refractivity contribution in [3.63, 3.8) is 0 Å². The molecule has 0 amide bonds. The van der Waals surface area contributed by atoms with Crippen LogP contribution in [0.5, 0.6) is 0 Å². The molecule has 2 aromatic rings. The van der Waals surface area contributed by atoms with Crippen LogP contribution in [0.2, 0.25) is 0 Å². The number of imidazole rings is 1. The van der Waals surface area contributed by atoms with E-state index in [2.05, 4.69) is 71.3 Å². The molecule has 0 spiro atoms. The van der Waals surface area contributed by atoms with Crippen molar-refractivity contribution in [2.24, 2.45) is 0 Å². The number of rotatable bonds is 6. The molecule has 0 unspecified atom stereocenters. The van der Waals surface area contributed by atoms with Crippen molar-refractivity contribution >= 4 is 11.8 Å². The van der Waals surface area contributed by atoms with E-state index in [-0.39, 0.29) is 0 Å². The highest BCUT2D eigenvalue weighted by molar-refractivity contribution is 7.99. The predicted molar refractivity (Wildman–Crippen MR) is 106 cm³/mol. The fraction of sp³-hybridized carbons (Fsp3) is 0.381. The Morgan fingerprint density at radius 2 is 1.92 bits per heavy atom. The number of hydrogen-bond donors (Lipinski definition) is 0. The quantitative estimate of drug-likeness (QED) is 0.661. The zero-order valence-electron chi connectivity index (χ0n) is 14.8. The molecule has 0 saturated heterocycles. The van der Waals surface area contributed by atoms with Gasteiger partial charge in [-0.25, -0.2) is 4.98 Å². The fourth-order valence-electron chi connectivity index (χ4n) is 3.54. The number of aromatic nitrogens is 2. The van der Waals surface area contributed by atoms with Crippen LogP contribution in [0.1, 0.15) is 37.8 Å². The van der Waals surface area contributed by atoms with E-state index in [9.17, 15) is 0 Å². The standard InChI is InChI=1S/C21H25N3S/c1-2-3-7-12-23-13-10-18(11-14-23)20-19(17-8-5-4-6-9-17)22-21-24(20)15-16-25-21/h4-6,8-11,13-14,18H,2-3,7,12,15-16H2,1H3. The molecular formula is C21H25N3S. The lowest BCUT2D eigenvalue weighted by Gasteiger charge is -2.23. The van der Waals surface area contributed by atoms with E-state index in [1.165, 1.54) is 35.7 Å². The summed E-state index contributed by atoms with van der Waals surface area (Å²) in [7, 11) is 0. The molecule has 1 aromatic carbocycles. The second kappa shape index (κ2) is 7.52. The van der Waals surface area contributed by atoms with Gasteiger partial charge >= 0.3 is 0 Å². The average molecular weight is 352 g/mol.